The summed E-state index contributed by atoms with van der Waals surface area (Å²) in [4.78, 5) is 12.0. The zero-order valence-electron chi connectivity index (χ0n) is 15.9. The molecule has 1 aliphatic carbocycles. The second-order valence-corrected chi connectivity index (χ2v) is 8.40. The third-order valence-corrected chi connectivity index (χ3v) is 6.70. The van der Waals surface area contributed by atoms with Crippen LogP contribution in [0.2, 0.25) is 0 Å². The number of benzene rings is 1. The molecule has 5 nitrogen and oxygen atoms in total. The standard InChI is InChI=1S/C22H29N5/c23-22-25-20-18(15-6-2-1-3-7-15)9-4-10-19(20)21(26-22)27-13-16-8-5-11-24-12-17(16)14-27/h1-3,6-7,16-18,24H,4-5,8-14H2,(H2,23,25,26). The molecule has 0 spiro atoms. The van der Waals surface area contributed by atoms with E-state index in [2.05, 4.69) is 40.5 Å². The molecule has 0 bridgehead atoms. The Labute approximate surface area is 161 Å². The summed E-state index contributed by atoms with van der Waals surface area (Å²) in [5, 5.41) is 3.61. The van der Waals surface area contributed by atoms with E-state index in [1.807, 2.05) is 0 Å². The van der Waals surface area contributed by atoms with Crippen molar-refractivity contribution in [2.24, 2.45) is 11.8 Å². The maximum Gasteiger partial charge on any atom is 0.222 e. The lowest BCUT2D eigenvalue weighted by molar-refractivity contribution is 0.414. The zero-order chi connectivity index (χ0) is 18.2. The minimum Gasteiger partial charge on any atom is -0.368 e. The monoisotopic (exact) mass is 363 g/mol. The van der Waals surface area contributed by atoms with Gasteiger partial charge >= 0.3 is 0 Å². The Balaban J connectivity index is 1.51. The van der Waals surface area contributed by atoms with Crippen LogP contribution >= 0.6 is 0 Å². The molecule has 3 N–H and O–H groups in total. The molecular formula is C22H29N5. The van der Waals surface area contributed by atoms with Gasteiger partial charge in [-0.1, -0.05) is 30.3 Å². The summed E-state index contributed by atoms with van der Waals surface area (Å²) < 4.78 is 0. The molecule has 3 unspecified atom stereocenters. The average molecular weight is 364 g/mol. The summed E-state index contributed by atoms with van der Waals surface area (Å²) in [6.07, 6.45) is 6.01. The first-order valence-electron chi connectivity index (χ1n) is 10.5. The van der Waals surface area contributed by atoms with Gasteiger partial charge in [-0.05, 0) is 62.6 Å². The van der Waals surface area contributed by atoms with Crippen LogP contribution in [-0.2, 0) is 6.42 Å². The fourth-order valence-electron chi connectivity index (χ4n) is 5.37. The largest absolute Gasteiger partial charge is 0.368 e. The summed E-state index contributed by atoms with van der Waals surface area (Å²) in [5.41, 5.74) is 10.1. The predicted octanol–water partition coefficient (Wildman–Crippen LogP) is 2.96. The summed E-state index contributed by atoms with van der Waals surface area (Å²) in [6, 6.07) is 10.8. The molecular weight excluding hydrogens is 334 g/mol. The number of aromatic nitrogens is 2. The molecule has 3 heterocycles. The van der Waals surface area contributed by atoms with Crippen molar-refractivity contribution in [1.82, 2.24) is 15.3 Å². The number of hydrogen-bond acceptors (Lipinski definition) is 5. The maximum atomic E-state index is 6.20. The fraction of sp³-hybridized carbons (Fsp3) is 0.545. The fourth-order valence-corrected chi connectivity index (χ4v) is 5.37. The van der Waals surface area contributed by atoms with Gasteiger partial charge in [0.05, 0.1) is 5.69 Å². The molecule has 3 atom stereocenters. The van der Waals surface area contributed by atoms with E-state index in [0.29, 0.717) is 11.9 Å². The number of hydrogen-bond donors (Lipinski definition) is 2. The molecule has 0 radical (unpaired) electrons. The van der Waals surface area contributed by atoms with Gasteiger partial charge in [0, 0.05) is 24.6 Å². The van der Waals surface area contributed by atoms with Gasteiger partial charge in [0.1, 0.15) is 5.82 Å². The van der Waals surface area contributed by atoms with E-state index < -0.39 is 0 Å². The highest BCUT2D eigenvalue weighted by molar-refractivity contribution is 5.56. The number of nitrogens with zero attached hydrogens (tertiary/aromatic N) is 3. The van der Waals surface area contributed by atoms with Gasteiger partial charge < -0.3 is 16.0 Å². The van der Waals surface area contributed by atoms with E-state index in [0.717, 1.165) is 50.1 Å². The lowest BCUT2D eigenvalue weighted by atomic mass is 9.82. The van der Waals surface area contributed by atoms with Crippen LogP contribution in [0.4, 0.5) is 11.8 Å². The summed E-state index contributed by atoms with van der Waals surface area (Å²) in [7, 11) is 0. The molecule has 27 heavy (non-hydrogen) atoms. The number of rotatable bonds is 2. The third-order valence-electron chi connectivity index (χ3n) is 6.70. The number of nitrogen functional groups attached to an aromatic ring is 1. The van der Waals surface area contributed by atoms with Gasteiger partial charge in [-0.2, -0.15) is 4.98 Å². The van der Waals surface area contributed by atoms with Gasteiger partial charge in [0.2, 0.25) is 5.95 Å². The van der Waals surface area contributed by atoms with E-state index in [-0.39, 0.29) is 0 Å². The minimum absolute atomic E-state index is 0.341. The Kier molecular flexibility index (Phi) is 4.48. The Morgan fingerprint density at radius 2 is 1.85 bits per heavy atom. The Morgan fingerprint density at radius 3 is 2.74 bits per heavy atom. The molecule has 5 rings (SSSR count). The van der Waals surface area contributed by atoms with E-state index in [1.165, 1.54) is 42.6 Å². The Morgan fingerprint density at radius 1 is 1.00 bits per heavy atom. The van der Waals surface area contributed by atoms with Crippen molar-refractivity contribution in [2.75, 3.05) is 36.8 Å². The van der Waals surface area contributed by atoms with E-state index >= 15 is 0 Å². The zero-order valence-corrected chi connectivity index (χ0v) is 15.9. The molecule has 2 aromatic rings. The first kappa shape index (κ1) is 17.0. The predicted molar refractivity (Wildman–Crippen MR) is 109 cm³/mol. The number of nitrogens with two attached hydrogens (primary N) is 1. The Bertz CT molecular complexity index is 792. The summed E-state index contributed by atoms with van der Waals surface area (Å²) in [6.45, 7) is 4.51. The second kappa shape index (κ2) is 7.12. The first-order chi connectivity index (χ1) is 13.3. The second-order valence-electron chi connectivity index (χ2n) is 8.40. The van der Waals surface area contributed by atoms with Crippen LogP contribution in [0.1, 0.15) is 48.4 Å². The van der Waals surface area contributed by atoms with Gasteiger partial charge in [-0.25, -0.2) is 4.98 Å². The van der Waals surface area contributed by atoms with Crippen LogP contribution in [-0.4, -0.2) is 36.1 Å². The van der Waals surface area contributed by atoms with Crippen LogP contribution in [0, 0.1) is 11.8 Å². The van der Waals surface area contributed by atoms with Crippen LogP contribution in [0.15, 0.2) is 30.3 Å². The van der Waals surface area contributed by atoms with Crippen LogP contribution in [0.3, 0.4) is 0 Å². The molecule has 1 aromatic carbocycles. The normalized spacial score (nSPS) is 27.7. The average Bonchev–Trinajstić information content (AvgIpc) is 2.98. The van der Waals surface area contributed by atoms with Crippen molar-refractivity contribution < 1.29 is 0 Å². The van der Waals surface area contributed by atoms with Crippen molar-refractivity contribution in [1.29, 1.82) is 0 Å². The third kappa shape index (κ3) is 3.18. The molecule has 5 heteroatoms. The SMILES string of the molecule is Nc1nc2c(c(N3CC4CCCNCC4C3)n1)CCCC2c1ccccc1. The van der Waals surface area contributed by atoms with Crippen molar-refractivity contribution in [3.63, 3.8) is 0 Å². The van der Waals surface area contributed by atoms with Crippen molar-refractivity contribution in [3.05, 3.63) is 47.2 Å². The lowest BCUT2D eigenvalue weighted by Crippen LogP contribution is -2.29. The van der Waals surface area contributed by atoms with Crippen LogP contribution < -0.4 is 16.0 Å². The molecule has 2 saturated heterocycles. The summed E-state index contributed by atoms with van der Waals surface area (Å²) in [5.74, 6) is 3.39. The highest BCUT2D eigenvalue weighted by Gasteiger charge is 2.36. The van der Waals surface area contributed by atoms with E-state index in [9.17, 15) is 0 Å². The highest BCUT2D eigenvalue weighted by atomic mass is 15.2. The number of fused-ring (bicyclic) bond motifs is 2. The topological polar surface area (TPSA) is 67.1 Å². The summed E-state index contributed by atoms with van der Waals surface area (Å²) >= 11 is 0. The molecule has 0 saturated carbocycles. The minimum atomic E-state index is 0.341. The van der Waals surface area contributed by atoms with Crippen LogP contribution in [0.5, 0.6) is 0 Å². The number of anilines is 2. The van der Waals surface area contributed by atoms with Gasteiger partial charge in [-0.3, -0.25) is 0 Å². The van der Waals surface area contributed by atoms with Gasteiger partial charge in [0.15, 0.2) is 0 Å². The van der Waals surface area contributed by atoms with Gasteiger partial charge in [0.25, 0.3) is 0 Å². The van der Waals surface area contributed by atoms with Crippen molar-refractivity contribution >= 4 is 11.8 Å². The molecule has 1 aromatic heterocycles. The smallest absolute Gasteiger partial charge is 0.222 e. The molecule has 2 fully saturated rings. The van der Waals surface area contributed by atoms with Crippen molar-refractivity contribution in [2.45, 2.75) is 38.0 Å². The molecule has 2 aliphatic heterocycles. The Hall–Kier alpha value is -2.14. The number of nitrogens with one attached hydrogen (secondary N) is 1. The van der Waals surface area contributed by atoms with Crippen LogP contribution in [0.25, 0.3) is 0 Å². The van der Waals surface area contributed by atoms with Crippen molar-refractivity contribution in [3.8, 4) is 0 Å². The van der Waals surface area contributed by atoms with E-state index in [1.54, 1.807) is 0 Å². The lowest BCUT2D eigenvalue weighted by Gasteiger charge is -2.29. The first-order valence-corrected chi connectivity index (χ1v) is 10.5. The molecule has 142 valence electrons. The van der Waals surface area contributed by atoms with Gasteiger partial charge in [-0.15, -0.1) is 0 Å². The highest BCUT2D eigenvalue weighted by Crippen LogP contribution is 2.41. The maximum absolute atomic E-state index is 6.20. The quantitative estimate of drug-likeness (QED) is 0.859. The molecule has 0 amide bonds. The van der Waals surface area contributed by atoms with E-state index in [4.69, 9.17) is 15.7 Å². The molecule has 3 aliphatic rings.